The van der Waals surface area contributed by atoms with Crippen molar-refractivity contribution in [2.75, 3.05) is 24.5 Å². The summed E-state index contributed by atoms with van der Waals surface area (Å²) in [5.74, 6) is 0.930. The van der Waals surface area contributed by atoms with Gasteiger partial charge in [0.2, 0.25) is 0 Å². The van der Waals surface area contributed by atoms with Gasteiger partial charge in [-0.3, -0.25) is 0 Å². The summed E-state index contributed by atoms with van der Waals surface area (Å²) in [6.07, 6.45) is 9.16. The minimum Gasteiger partial charge on any atom is -0.348 e. The first-order valence-corrected chi connectivity index (χ1v) is 9.61. The van der Waals surface area contributed by atoms with E-state index >= 15 is 0 Å². The molecule has 4 heteroatoms. The lowest BCUT2D eigenvalue weighted by molar-refractivity contribution is 0.459. The lowest BCUT2D eigenvalue weighted by atomic mass is 9.98. The van der Waals surface area contributed by atoms with Crippen LogP contribution in [0.15, 0.2) is 0 Å². The van der Waals surface area contributed by atoms with Crippen molar-refractivity contribution >= 4 is 16.5 Å². The van der Waals surface area contributed by atoms with Crippen LogP contribution in [-0.2, 0) is 6.42 Å². The number of hydrogen-bond acceptors (Lipinski definition) is 4. The fourth-order valence-electron chi connectivity index (χ4n) is 3.75. The van der Waals surface area contributed by atoms with E-state index in [1.54, 1.807) is 0 Å². The molecule has 2 heterocycles. The number of nitrogens with zero attached hydrogens (tertiary/aromatic N) is 2. The molecular formula is C17H29N3S. The van der Waals surface area contributed by atoms with Crippen molar-refractivity contribution in [1.29, 1.82) is 0 Å². The maximum absolute atomic E-state index is 5.00. The molecule has 1 aromatic heterocycles. The Hall–Kier alpha value is -0.610. The van der Waals surface area contributed by atoms with E-state index in [1.165, 1.54) is 73.7 Å². The van der Waals surface area contributed by atoms with Gasteiger partial charge in [0.05, 0.1) is 5.69 Å². The lowest BCUT2D eigenvalue weighted by Crippen LogP contribution is -2.24. The molecule has 3 rings (SSSR count). The molecule has 2 unspecified atom stereocenters. The Bertz CT molecular complexity index is 457. The summed E-state index contributed by atoms with van der Waals surface area (Å²) in [6, 6.07) is 0.556. The number of fused-ring (bicyclic) bond motifs is 1. The van der Waals surface area contributed by atoms with Crippen LogP contribution >= 0.6 is 11.3 Å². The standard InChI is InChI=1S/C17H29N3S/c1-3-13-7-6-11-20(12-10-13)17-19-15-9-5-8-14(18-4-2)16(15)21-17/h13-14,18H,3-12H2,1-2H3. The van der Waals surface area contributed by atoms with Crippen LogP contribution in [0.3, 0.4) is 0 Å². The van der Waals surface area contributed by atoms with Crippen molar-refractivity contribution in [3.8, 4) is 0 Å². The average Bonchev–Trinajstić information content (AvgIpc) is 2.79. The van der Waals surface area contributed by atoms with Crippen LogP contribution in [0.2, 0.25) is 0 Å². The molecule has 0 bridgehead atoms. The fourth-order valence-corrected chi connectivity index (χ4v) is 5.02. The van der Waals surface area contributed by atoms with Gasteiger partial charge in [0.25, 0.3) is 0 Å². The molecule has 0 saturated carbocycles. The highest BCUT2D eigenvalue weighted by Gasteiger charge is 2.26. The molecule has 0 radical (unpaired) electrons. The number of anilines is 1. The Morgan fingerprint density at radius 2 is 2.10 bits per heavy atom. The second kappa shape index (κ2) is 7.10. The van der Waals surface area contributed by atoms with Crippen LogP contribution < -0.4 is 10.2 Å². The zero-order valence-corrected chi connectivity index (χ0v) is 14.3. The largest absolute Gasteiger partial charge is 0.348 e. The molecule has 21 heavy (non-hydrogen) atoms. The van der Waals surface area contributed by atoms with E-state index in [9.17, 15) is 0 Å². The first-order valence-electron chi connectivity index (χ1n) is 8.79. The second-order valence-corrected chi connectivity index (χ2v) is 7.51. The normalized spacial score (nSPS) is 26.5. The van der Waals surface area contributed by atoms with Crippen LogP contribution in [0, 0.1) is 5.92 Å². The van der Waals surface area contributed by atoms with E-state index in [0.717, 1.165) is 12.5 Å². The Morgan fingerprint density at radius 1 is 1.19 bits per heavy atom. The van der Waals surface area contributed by atoms with Crippen molar-refractivity contribution in [3.05, 3.63) is 10.6 Å². The first-order chi connectivity index (χ1) is 10.3. The van der Waals surface area contributed by atoms with Gasteiger partial charge in [-0.25, -0.2) is 4.98 Å². The number of nitrogens with one attached hydrogen (secondary N) is 1. The Balaban J connectivity index is 1.74. The topological polar surface area (TPSA) is 28.2 Å². The fraction of sp³-hybridized carbons (Fsp3) is 0.824. The van der Waals surface area contributed by atoms with Crippen molar-refractivity contribution in [2.45, 2.75) is 64.8 Å². The maximum Gasteiger partial charge on any atom is 0.185 e. The Kier molecular flexibility index (Phi) is 5.17. The third-order valence-corrected chi connectivity index (χ3v) is 6.36. The molecule has 1 aromatic rings. The van der Waals surface area contributed by atoms with Crippen LogP contribution in [0.5, 0.6) is 0 Å². The van der Waals surface area contributed by atoms with Gasteiger partial charge in [0, 0.05) is 24.0 Å². The average molecular weight is 308 g/mol. The monoisotopic (exact) mass is 307 g/mol. The van der Waals surface area contributed by atoms with Gasteiger partial charge < -0.3 is 10.2 Å². The third kappa shape index (κ3) is 3.42. The molecule has 1 N–H and O–H groups in total. The smallest absolute Gasteiger partial charge is 0.185 e. The molecule has 118 valence electrons. The zero-order valence-electron chi connectivity index (χ0n) is 13.5. The lowest BCUT2D eigenvalue weighted by Gasteiger charge is -2.21. The summed E-state index contributed by atoms with van der Waals surface area (Å²) in [5.41, 5.74) is 1.38. The second-order valence-electron chi connectivity index (χ2n) is 6.50. The van der Waals surface area contributed by atoms with Crippen LogP contribution in [0.25, 0.3) is 0 Å². The van der Waals surface area contributed by atoms with Crippen molar-refractivity contribution in [3.63, 3.8) is 0 Å². The number of hydrogen-bond donors (Lipinski definition) is 1. The molecule has 3 nitrogen and oxygen atoms in total. The van der Waals surface area contributed by atoms with Crippen molar-refractivity contribution < 1.29 is 0 Å². The summed E-state index contributed by atoms with van der Waals surface area (Å²) in [6.45, 7) is 8.00. The van der Waals surface area contributed by atoms with E-state index in [0.29, 0.717) is 6.04 Å². The van der Waals surface area contributed by atoms with E-state index in [-0.39, 0.29) is 0 Å². The van der Waals surface area contributed by atoms with E-state index in [2.05, 4.69) is 24.1 Å². The highest BCUT2D eigenvalue weighted by Crippen LogP contribution is 2.38. The van der Waals surface area contributed by atoms with Gasteiger partial charge in [-0.1, -0.05) is 31.6 Å². The van der Waals surface area contributed by atoms with Crippen molar-refractivity contribution in [1.82, 2.24) is 10.3 Å². The molecule has 1 aliphatic heterocycles. The molecule has 0 aromatic carbocycles. The van der Waals surface area contributed by atoms with Crippen LogP contribution in [0.1, 0.15) is 69.0 Å². The molecule has 1 saturated heterocycles. The SMILES string of the molecule is CCNC1CCCc2nc(N3CCCC(CC)CC3)sc21. The molecule has 1 aliphatic carbocycles. The number of aromatic nitrogens is 1. The van der Waals surface area contributed by atoms with Gasteiger partial charge in [-0.2, -0.15) is 0 Å². The van der Waals surface area contributed by atoms with Gasteiger partial charge in [0.1, 0.15) is 0 Å². The molecule has 2 atom stereocenters. The van der Waals surface area contributed by atoms with Gasteiger partial charge in [-0.05, 0) is 51.0 Å². The summed E-state index contributed by atoms with van der Waals surface area (Å²) in [5, 5.41) is 4.93. The van der Waals surface area contributed by atoms with E-state index < -0.39 is 0 Å². The molecule has 1 fully saturated rings. The predicted octanol–water partition coefficient (Wildman–Crippen LogP) is 4.15. The molecule has 0 amide bonds. The predicted molar refractivity (Wildman–Crippen MR) is 91.3 cm³/mol. The minimum absolute atomic E-state index is 0.556. The van der Waals surface area contributed by atoms with Gasteiger partial charge in [-0.15, -0.1) is 0 Å². The van der Waals surface area contributed by atoms with E-state index in [1.807, 2.05) is 11.3 Å². The van der Waals surface area contributed by atoms with Gasteiger partial charge in [0.15, 0.2) is 5.13 Å². The summed E-state index contributed by atoms with van der Waals surface area (Å²) < 4.78 is 0. The number of rotatable bonds is 4. The molecule has 2 aliphatic rings. The van der Waals surface area contributed by atoms with Crippen LogP contribution in [0.4, 0.5) is 5.13 Å². The highest BCUT2D eigenvalue weighted by atomic mass is 32.1. The Labute approximate surface area is 133 Å². The molecule has 0 spiro atoms. The molecular weight excluding hydrogens is 278 g/mol. The maximum atomic E-state index is 5.00. The zero-order chi connectivity index (χ0) is 14.7. The van der Waals surface area contributed by atoms with Crippen molar-refractivity contribution in [2.24, 2.45) is 5.92 Å². The summed E-state index contributed by atoms with van der Waals surface area (Å²) >= 11 is 1.96. The first kappa shape index (κ1) is 15.3. The van der Waals surface area contributed by atoms with Crippen LogP contribution in [-0.4, -0.2) is 24.6 Å². The summed E-state index contributed by atoms with van der Waals surface area (Å²) in [4.78, 5) is 9.08. The third-order valence-electron chi connectivity index (χ3n) is 5.09. The van der Waals surface area contributed by atoms with Gasteiger partial charge >= 0.3 is 0 Å². The van der Waals surface area contributed by atoms with E-state index in [4.69, 9.17) is 4.98 Å². The minimum atomic E-state index is 0.556. The Morgan fingerprint density at radius 3 is 2.90 bits per heavy atom. The number of aryl methyl sites for hydroxylation is 1. The quantitative estimate of drug-likeness (QED) is 0.906. The highest BCUT2D eigenvalue weighted by molar-refractivity contribution is 7.15. The number of thiazole rings is 1. The summed E-state index contributed by atoms with van der Waals surface area (Å²) in [7, 11) is 0.